The molecule has 7 heteroatoms. The van der Waals surface area contributed by atoms with Gasteiger partial charge in [-0.25, -0.2) is 8.42 Å². The highest BCUT2D eigenvalue weighted by Gasteiger charge is 2.15. The second-order valence-electron chi connectivity index (χ2n) is 5.61. The van der Waals surface area contributed by atoms with Crippen LogP contribution < -0.4 is 10.0 Å². The van der Waals surface area contributed by atoms with Gasteiger partial charge in [0.15, 0.2) is 0 Å². The fourth-order valence-electron chi connectivity index (χ4n) is 2.42. The number of carbonyl (C=O) groups excluding carboxylic acids is 1. The molecule has 0 saturated carbocycles. The van der Waals surface area contributed by atoms with Crippen LogP contribution >= 0.6 is 0 Å². The van der Waals surface area contributed by atoms with Crippen LogP contribution in [0.3, 0.4) is 0 Å². The van der Waals surface area contributed by atoms with Crippen LogP contribution in [-0.4, -0.2) is 14.3 Å². The van der Waals surface area contributed by atoms with E-state index in [1.54, 1.807) is 60.7 Å². The van der Waals surface area contributed by atoms with Gasteiger partial charge in [-0.15, -0.1) is 0 Å². The Labute approximate surface area is 157 Å². The fraction of sp³-hybridized carbons (Fsp3) is 0. The molecular formula is C20H15N3O3S. The topological polar surface area (TPSA) is 99.1 Å². The zero-order valence-corrected chi connectivity index (χ0v) is 14.9. The van der Waals surface area contributed by atoms with Gasteiger partial charge in [-0.3, -0.25) is 9.52 Å². The van der Waals surface area contributed by atoms with Crippen molar-refractivity contribution < 1.29 is 13.2 Å². The molecule has 0 spiro atoms. The fourth-order valence-corrected chi connectivity index (χ4v) is 3.49. The highest BCUT2D eigenvalue weighted by molar-refractivity contribution is 7.92. The van der Waals surface area contributed by atoms with Gasteiger partial charge in [0.05, 0.1) is 16.1 Å². The molecule has 6 nitrogen and oxygen atoms in total. The number of nitrogens with zero attached hydrogens (tertiary/aromatic N) is 1. The summed E-state index contributed by atoms with van der Waals surface area (Å²) in [7, 11) is -3.75. The standard InChI is InChI=1S/C20H15N3O3S/c21-14-16-7-4-5-12-19(16)22-20(24)15-8-6-9-17(13-15)23-27(25,26)18-10-2-1-3-11-18/h1-13,23H,(H,22,24). The minimum atomic E-state index is -3.75. The summed E-state index contributed by atoms with van der Waals surface area (Å²) in [4.78, 5) is 12.6. The molecule has 0 unspecified atom stereocenters. The largest absolute Gasteiger partial charge is 0.321 e. The van der Waals surface area contributed by atoms with Crippen molar-refractivity contribution in [2.45, 2.75) is 4.90 Å². The number of amides is 1. The normalized spacial score (nSPS) is 10.6. The first-order valence-electron chi connectivity index (χ1n) is 7.98. The van der Waals surface area contributed by atoms with Gasteiger partial charge in [0.1, 0.15) is 6.07 Å². The number of nitrogens with one attached hydrogen (secondary N) is 2. The van der Waals surface area contributed by atoms with Crippen molar-refractivity contribution in [3.05, 3.63) is 90.0 Å². The van der Waals surface area contributed by atoms with Crippen LogP contribution in [-0.2, 0) is 10.0 Å². The number of para-hydroxylation sites is 1. The minimum absolute atomic E-state index is 0.128. The van der Waals surface area contributed by atoms with E-state index in [1.165, 1.54) is 18.2 Å². The quantitative estimate of drug-likeness (QED) is 0.709. The highest BCUT2D eigenvalue weighted by atomic mass is 32.2. The van der Waals surface area contributed by atoms with Crippen molar-refractivity contribution in [2.75, 3.05) is 10.0 Å². The molecule has 0 heterocycles. The number of sulfonamides is 1. The van der Waals surface area contributed by atoms with Crippen LogP contribution in [0.1, 0.15) is 15.9 Å². The number of hydrogen-bond donors (Lipinski definition) is 2. The SMILES string of the molecule is N#Cc1ccccc1NC(=O)c1cccc(NS(=O)(=O)c2ccccc2)c1. The Morgan fingerprint density at radius 1 is 0.889 bits per heavy atom. The molecule has 3 aromatic carbocycles. The highest BCUT2D eigenvalue weighted by Crippen LogP contribution is 2.19. The van der Waals surface area contributed by atoms with Gasteiger partial charge in [0, 0.05) is 11.3 Å². The number of anilines is 2. The van der Waals surface area contributed by atoms with E-state index in [0.717, 1.165) is 0 Å². The van der Waals surface area contributed by atoms with Gasteiger partial charge in [-0.2, -0.15) is 5.26 Å². The van der Waals surface area contributed by atoms with Crippen LogP contribution in [0.2, 0.25) is 0 Å². The summed E-state index contributed by atoms with van der Waals surface area (Å²) in [5, 5.41) is 11.8. The monoisotopic (exact) mass is 377 g/mol. The summed E-state index contributed by atoms with van der Waals surface area (Å²) in [5.41, 5.74) is 1.25. The number of carbonyl (C=O) groups is 1. The number of rotatable bonds is 5. The van der Waals surface area contributed by atoms with Crippen molar-refractivity contribution in [2.24, 2.45) is 0 Å². The predicted octanol–water partition coefficient (Wildman–Crippen LogP) is 3.61. The molecule has 27 heavy (non-hydrogen) atoms. The number of nitriles is 1. The lowest BCUT2D eigenvalue weighted by atomic mass is 10.1. The van der Waals surface area contributed by atoms with E-state index in [0.29, 0.717) is 11.3 Å². The molecule has 0 bridgehead atoms. The maximum absolute atomic E-state index is 12.5. The van der Waals surface area contributed by atoms with E-state index in [1.807, 2.05) is 6.07 Å². The molecule has 0 atom stereocenters. The lowest BCUT2D eigenvalue weighted by Crippen LogP contribution is -2.15. The number of hydrogen-bond acceptors (Lipinski definition) is 4. The van der Waals surface area contributed by atoms with E-state index in [2.05, 4.69) is 10.0 Å². The second kappa shape index (κ2) is 7.72. The number of benzene rings is 3. The van der Waals surface area contributed by atoms with Crippen molar-refractivity contribution in [3.63, 3.8) is 0 Å². The molecule has 134 valence electrons. The van der Waals surface area contributed by atoms with Crippen molar-refractivity contribution in [3.8, 4) is 6.07 Å². The van der Waals surface area contributed by atoms with Gasteiger partial charge in [0.25, 0.3) is 15.9 Å². The summed E-state index contributed by atoms with van der Waals surface area (Å²) < 4.78 is 27.3. The molecule has 1 amide bonds. The van der Waals surface area contributed by atoms with Crippen LogP contribution in [0.25, 0.3) is 0 Å². The first-order chi connectivity index (χ1) is 13.0. The van der Waals surface area contributed by atoms with E-state index in [4.69, 9.17) is 5.26 Å². The van der Waals surface area contributed by atoms with Crippen LogP contribution in [0.5, 0.6) is 0 Å². The third-order valence-electron chi connectivity index (χ3n) is 3.73. The van der Waals surface area contributed by atoms with E-state index < -0.39 is 15.9 Å². The molecule has 3 rings (SSSR count). The zero-order valence-electron chi connectivity index (χ0n) is 14.1. The summed E-state index contributed by atoms with van der Waals surface area (Å²) >= 11 is 0. The van der Waals surface area contributed by atoms with E-state index in [-0.39, 0.29) is 16.1 Å². The van der Waals surface area contributed by atoms with Gasteiger partial charge in [0.2, 0.25) is 0 Å². The lowest BCUT2D eigenvalue weighted by Gasteiger charge is -2.10. The van der Waals surface area contributed by atoms with Gasteiger partial charge in [-0.05, 0) is 42.5 Å². The average molecular weight is 377 g/mol. The van der Waals surface area contributed by atoms with Crippen molar-refractivity contribution >= 4 is 27.3 Å². The summed E-state index contributed by atoms with van der Waals surface area (Å²) in [6.45, 7) is 0. The lowest BCUT2D eigenvalue weighted by molar-refractivity contribution is 0.102. The summed E-state index contributed by atoms with van der Waals surface area (Å²) in [6.07, 6.45) is 0. The Kier molecular flexibility index (Phi) is 5.20. The van der Waals surface area contributed by atoms with Crippen LogP contribution in [0.4, 0.5) is 11.4 Å². The first-order valence-corrected chi connectivity index (χ1v) is 9.46. The van der Waals surface area contributed by atoms with Gasteiger partial charge >= 0.3 is 0 Å². The molecule has 0 saturated heterocycles. The molecule has 0 aromatic heterocycles. The maximum atomic E-state index is 12.5. The molecule has 0 aliphatic carbocycles. The summed E-state index contributed by atoms with van der Waals surface area (Å²) in [6, 6.07) is 22.7. The first kappa shape index (κ1) is 18.2. The second-order valence-corrected chi connectivity index (χ2v) is 7.29. The third-order valence-corrected chi connectivity index (χ3v) is 5.12. The Morgan fingerprint density at radius 3 is 2.33 bits per heavy atom. The Morgan fingerprint density at radius 2 is 1.59 bits per heavy atom. The van der Waals surface area contributed by atoms with Crippen LogP contribution in [0, 0.1) is 11.3 Å². The Bertz CT molecular complexity index is 1120. The average Bonchev–Trinajstić information content (AvgIpc) is 2.69. The maximum Gasteiger partial charge on any atom is 0.261 e. The third kappa shape index (κ3) is 4.32. The molecular weight excluding hydrogens is 362 g/mol. The van der Waals surface area contributed by atoms with Crippen LogP contribution in [0.15, 0.2) is 83.8 Å². The van der Waals surface area contributed by atoms with Crippen molar-refractivity contribution in [1.29, 1.82) is 5.26 Å². The smallest absolute Gasteiger partial charge is 0.261 e. The summed E-state index contributed by atoms with van der Waals surface area (Å²) in [5.74, 6) is -0.446. The molecule has 0 aliphatic heterocycles. The van der Waals surface area contributed by atoms with Gasteiger partial charge in [-0.1, -0.05) is 36.4 Å². The predicted molar refractivity (Wildman–Crippen MR) is 103 cm³/mol. The molecule has 0 aliphatic rings. The molecule has 2 N–H and O–H groups in total. The minimum Gasteiger partial charge on any atom is -0.321 e. The van der Waals surface area contributed by atoms with E-state index >= 15 is 0 Å². The van der Waals surface area contributed by atoms with Gasteiger partial charge < -0.3 is 5.32 Å². The van der Waals surface area contributed by atoms with Crippen molar-refractivity contribution in [1.82, 2.24) is 0 Å². The Balaban J connectivity index is 1.81. The molecule has 0 radical (unpaired) electrons. The Hall–Kier alpha value is -3.63. The zero-order chi connectivity index (χ0) is 19.3. The van der Waals surface area contributed by atoms with E-state index in [9.17, 15) is 13.2 Å². The molecule has 3 aromatic rings. The molecule has 0 fully saturated rings.